The molecule has 0 nitrogen and oxygen atoms in total. The van der Waals surface area contributed by atoms with Crippen molar-refractivity contribution in [2.75, 3.05) is 0 Å². The van der Waals surface area contributed by atoms with Crippen LogP contribution in [0.3, 0.4) is 0 Å². The molecule has 2 rings (SSSR count). The van der Waals surface area contributed by atoms with E-state index in [1.807, 2.05) is 19.9 Å². The van der Waals surface area contributed by atoms with Crippen LogP contribution >= 0.6 is 0 Å². The lowest BCUT2D eigenvalue weighted by atomic mass is 9.98. The molecule has 0 N–H and O–H groups in total. The summed E-state index contributed by atoms with van der Waals surface area (Å²) in [5, 5.41) is 0. The van der Waals surface area contributed by atoms with E-state index in [0.29, 0.717) is 17.5 Å². The molecule has 0 radical (unpaired) electrons. The fourth-order valence-electron chi connectivity index (χ4n) is 2.01. The van der Waals surface area contributed by atoms with Gasteiger partial charge in [0.2, 0.25) is 0 Å². The van der Waals surface area contributed by atoms with Crippen LogP contribution in [0.25, 0.3) is 0 Å². The first-order valence-corrected chi connectivity index (χ1v) is 6.09. The molecule has 0 bridgehead atoms. The number of hydrogen-bond donors (Lipinski definition) is 0. The molecule has 0 unspecified atom stereocenters. The van der Waals surface area contributed by atoms with Crippen LogP contribution in [0.5, 0.6) is 0 Å². The first kappa shape index (κ1) is 12.7. The first-order valence-electron chi connectivity index (χ1n) is 6.09. The van der Waals surface area contributed by atoms with E-state index < -0.39 is 0 Å². The Morgan fingerprint density at radius 1 is 0.944 bits per heavy atom. The van der Waals surface area contributed by atoms with Gasteiger partial charge in [0, 0.05) is 6.42 Å². The van der Waals surface area contributed by atoms with Gasteiger partial charge < -0.3 is 0 Å². The van der Waals surface area contributed by atoms with Crippen LogP contribution in [0.2, 0.25) is 0 Å². The zero-order valence-electron chi connectivity index (χ0n) is 10.6. The highest BCUT2D eigenvalue weighted by atomic mass is 19.1. The quantitative estimate of drug-likeness (QED) is 0.737. The van der Waals surface area contributed by atoms with Crippen LogP contribution in [0.4, 0.5) is 8.78 Å². The monoisotopic (exact) mass is 246 g/mol. The molecule has 0 amide bonds. The van der Waals surface area contributed by atoms with Crippen molar-refractivity contribution in [2.24, 2.45) is 0 Å². The Bertz CT molecular complexity index is 545. The average molecular weight is 246 g/mol. The summed E-state index contributed by atoms with van der Waals surface area (Å²) in [4.78, 5) is 0. The SMILES string of the molecule is CC(C)c1ccc(Cc2ccccc2F)cc1F. The highest BCUT2D eigenvalue weighted by Gasteiger charge is 2.08. The van der Waals surface area contributed by atoms with Gasteiger partial charge in [0.15, 0.2) is 0 Å². The molecule has 18 heavy (non-hydrogen) atoms. The van der Waals surface area contributed by atoms with E-state index in [9.17, 15) is 8.78 Å². The summed E-state index contributed by atoms with van der Waals surface area (Å²) in [6.45, 7) is 3.91. The van der Waals surface area contributed by atoms with E-state index in [4.69, 9.17) is 0 Å². The fourth-order valence-corrected chi connectivity index (χ4v) is 2.01. The summed E-state index contributed by atoms with van der Waals surface area (Å²) in [7, 11) is 0. The average Bonchev–Trinajstić information content (AvgIpc) is 2.32. The van der Waals surface area contributed by atoms with Gasteiger partial charge in [-0.05, 0) is 34.7 Å². The molecule has 2 heteroatoms. The highest BCUT2D eigenvalue weighted by Crippen LogP contribution is 2.21. The third-order valence-electron chi connectivity index (χ3n) is 3.04. The minimum atomic E-state index is -0.245. The van der Waals surface area contributed by atoms with E-state index in [1.54, 1.807) is 24.3 Å². The molecular formula is C16H16F2. The molecule has 0 spiro atoms. The Morgan fingerprint density at radius 2 is 1.67 bits per heavy atom. The molecule has 0 saturated heterocycles. The number of hydrogen-bond acceptors (Lipinski definition) is 0. The summed E-state index contributed by atoms with van der Waals surface area (Å²) < 4.78 is 27.3. The van der Waals surface area contributed by atoms with Crippen LogP contribution < -0.4 is 0 Å². The van der Waals surface area contributed by atoms with Crippen LogP contribution in [-0.4, -0.2) is 0 Å². The van der Waals surface area contributed by atoms with Crippen molar-refractivity contribution >= 4 is 0 Å². The molecule has 94 valence electrons. The van der Waals surface area contributed by atoms with Gasteiger partial charge in [-0.1, -0.05) is 44.2 Å². The normalized spacial score (nSPS) is 10.9. The Labute approximate surface area is 106 Å². The molecule has 0 saturated carbocycles. The number of halogens is 2. The second-order valence-electron chi connectivity index (χ2n) is 4.78. The lowest BCUT2D eigenvalue weighted by Gasteiger charge is -2.09. The Hall–Kier alpha value is -1.70. The molecule has 0 atom stereocenters. The van der Waals surface area contributed by atoms with Crippen molar-refractivity contribution in [1.29, 1.82) is 0 Å². The van der Waals surface area contributed by atoms with Gasteiger partial charge in [-0.25, -0.2) is 8.78 Å². The molecule has 0 fully saturated rings. The Morgan fingerprint density at radius 3 is 2.28 bits per heavy atom. The molecule has 0 aliphatic carbocycles. The molecule has 0 heterocycles. The summed E-state index contributed by atoms with van der Waals surface area (Å²) >= 11 is 0. The van der Waals surface area contributed by atoms with Gasteiger partial charge in [0.25, 0.3) is 0 Å². The van der Waals surface area contributed by atoms with E-state index in [2.05, 4.69) is 0 Å². The van der Waals surface area contributed by atoms with Crippen molar-refractivity contribution in [3.05, 3.63) is 70.8 Å². The van der Waals surface area contributed by atoms with E-state index >= 15 is 0 Å². The number of benzene rings is 2. The van der Waals surface area contributed by atoms with Crippen molar-refractivity contribution in [1.82, 2.24) is 0 Å². The van der Waals surface area contributed by atoms with Crippen molar-refractivity contribution < 1.29 is 8.78 Å². The summed E-state index contributed by atoms with van der Waals surface area (Å²) in [5.74, 6) is -0.294. The summed E-state index contributed by atoms with van der Waals surface area (Å²) in [6, 6.07) is 11.7. The maximum absolute atomic E-state index is 13.8. The molecule has 2 aromatic carbocycles. The minimum Gasteiger partial charge on any atom is -0.207 e. The fraction of sp³-hybridized carbons (Fsp3) is 0.250. The number of rotatable bonds is 3. The zero-order chi connectivity index (χ0) is 13.1. The van der Waals surface area contributed by atoms with Crippen molar-refractivity contribution in [3.8, 4) is 0 Å². The second-order valence-corrected chi connectivity index (χ2v) is 4.78. The minimum absolute atomic E-state index is 0.160. The second kappa shape index (κ2) is 5.30. The lowest BCUT2D eigenvalue weighted by Crippen LogP contribution is -1.97. The largest absolute Gasteiger partial charge is 0.207 e. The Kier molecular flexibility index (Phi) is 3.75. The predicted octanol–water partition coefficient (Wildman–Crippen LogP) is 4.68. The van der Waals surface area contributed by atoms with Crippen molar-refractivity contribution in [2.45, 2.75) is 26.2 Å². The third kappa shape index (κ3) is 2.76. The van der Waals surface area contributed by atoms with Crippen LogP contribution in [-0.2, 0) is 6.42 Å². The zero-order valence-corrected chi connectivity index (χ0v) is 10.6. The van der Waals surface area contributed by atoms with Gasteiger partial charge in [-0.2, -0.15) is 0 Å². The molecule has 0 aromatic heterocycles. The molecule has 0 aliphatic rings. The smallest absolute Gasteiger partial charge is 0.126 e. The van der Waals surface area contributed by atoms with E-state index in [0.717, 1.165) is 5.56 Å². The third-order valence-corrected chi connectivity index (χ3v) is 3.04. The summed E-state index contributed by atoms with van der Waals surface area (Å²) in [6.07, 6.45) is 0.419. The van der Waals surface area contributed by atoms with Gasteiger partial charge >= 0.3 is 0 Å². The standard InChI is InChI=1S/C16H16F2/c1-11(2)14-8-7-12(10-16(14)18)9-13-5-3-4-6-15(13)17/h3-8,10-11H,9H2,1-2H3. The Balaban J connectivity index is 2.26. The van der Waals surface area contributed by atoms with Crippen molar-refractivity contribution in [3.63, 3.8) is 0 Å². The topological polar surface area (TPSA) is 0 Å². The highest BCUT2D eigenvalue weighted by molar-refractivity contribution is 5.31. The van der Waals surface area contributed by atoms with Gasteiger partial charge in [-0.15, -0.1) is 0 Å². The molecule has 0 aliphatic heterocycles. The van der Waals surface area contributed by atoms with Crippen LogP contribution in [0.1, 0.15) is 36.5 Å². The van der Waals surface area contributed by atoms with Gasteiger partial charge in [0.1, 0.15) is 11.6 Å². The summed E-state index contributed by atoms with van der Waals surface area (Å²) in [5.41, 5.74) is 2.09. The lowest BCUT2D eigenvalue weighted by molar-refractivity contribution is 0.594. The van der Waals surface area contributed by atoms with E-state index in [-0.39, 0.29) is 17.6 Å². The van der Waals surface area contributed by atoms with Gasteiger partial charge in [0.05, 0.1) is 0 Å². The van der Waals surface area contributed by atoms with Crippen LogP contribution in [0, 0.1) is 11.6 Å². The van der Waals surface area contributed by atoms with Crippen LogP contribution in [0.15, 0.2) is 42.5 Å². The molecular weight excluding hydrogens is 230 g/mol. The van der Waals surface area contributed by atoms with E-state index in [1.165, 1.54) is 12.1 Å². The maximum atomic E-state index is 13.8. The predicted molar refractivity (Wildman–Crippen MR) is 69.7 cm³/mol. The first-order chi connectivity index (χ1) is 8.58. The maximum Gasteiger partial charge on any atom is 0.126 e. The van der Waals surface area contributed by atoms with Gasteiger partial charge in [-0.3, -0.25) is 0 Å². The molecule has 2 aromatic rings.